The van der Waals surface area contributed by atoms with Crippen LogP contribution in [0.4, 0.5) is 10.1 Å². The highest BCUT2D eigenvalue weighted by atomic mass is 19.1. The zero-order valence-electron chi connectivity index (χ0n) is 17.4. The summed E-state index contributed by atoms with van der Waals surface area (Å²) in [4.78, 5) is 17.0. The molecular weight excluding hydrogens is 367 g/mol. The van der Waals surface area contributed by atoms with Gasteiger partial charge in [0.25, 0.3) is 0 Å². The summed E-state index contributed by atoms with van der Waals surface area (Å²) in [7, 11) is 1.36. The summed E-state index contributed by atoms with van der Waals surface area (Å²) < 4.78 is 18.1. The first-order chi connectivity index (χ1) is 13.7. The number of hydrogen-bond donors (Lipinski definition) is 1. The van der Waals surface area contributed by atoms with Gasteiger partial charge in [-0.15, -0.1) is 0 Å². The van der Waals surface area contributed by atoms with E-state index in [4.69, 9.17) is 9.73 Å². The molecule has 1 aliphatic rings. The summed E-state index contributed by atoms with van der Waals surface area (Å²) in [5.41, 5.74) is 3.34. The van der Waals surface area contributed by atoms with Gasteiger partial charge in [0.1, 0.15) is 5.82 Å². The van der Waals surface area contributed by atoms with Crippen LogP contribution in [0, 0.1) is 11.2 Å². The van der Waals surface area contributed by atoms with Gasteiger partial charge in [0.2, 0.25) is 0 Å². The Morgan fingerprint density at radius 2 is 2.03 bits per heavy atom. The van der Waals surface area contributed by atoms with Crippen molar-refractivity contribution in [1.29, 1.82) is 0 Å². The minimum atomic E-state index is -0.658. The fourth-order valence-electron chi connectivity index (χ4n) is 3.29. The van der Waals surface area contributed by atoms with Crippen LogP contribution in [-0.4, -0.2) is 24.8 Å². The van der Waals surface area contributed by atoms with Crippen molar-refractivity contribution in [3.8, 4) is 0 Å². The highest BCUT2D eigenvalue weighted by Crippen LogP contribution is 2.35. The maximum Gasteiger partial charge on any atom is 0.330 e. The lowest BCUT2D eigenvalue weighted by Gasteiger charge is -2.31. The van der Waals surface area contributed by atoms with E-state index >= 15 is 0 Å². The Morgan fingerprint density at radius 3 is 2.66 bits per heavy atom. The molecule has 1 aromatic carbocycles. The number of anilines is 1. The minimum Gasteiger partial charge on any atom is -0.467 e. The average Bonchev–Trinajstić information content (AvgIpc) is 2.65. The van der Waals surface area contributed by atoms with Crippen LogP contribution in [-0.2, 0) is 9.53 Å². The van der Waals surface area contributed by atoms with E-state index in [0.29, 0.717) is 6.42 Å². The minimum absolute atomic E-state index is 0.0314. The van der Waals surface area contributed by atoms with E-state index in [1.807, 2.05) is 12.2 Å². The van der Waals surface area contributed by atoms with Crippen molar-refractivity contribution in [3.05, 3.63) is 78.8 Å². The molecule has 0 heterocycles. The molecule has 1 aromatic rings. The van der Waals surface area contributed by atoms with E-state index in [0.717, 1.165) is 35.5 Å². The van der Waals surface area contributed by atoms with Crippen molar-refractivity contribution in [2.75, 3.05) is 12.4 Å². The molecule has 1 aliphatic carbocycles. The van der Waals surface area contributed by atoms with Crippen LogP contribution in [0.1, 0.15) is 33.1 Å². The third-order valence-electron chi connectivity index (χ3n) is 4.54. The van der Waals surface area contributed by atoms with Crippen LogP contribution in [0.2, 0.25) is 0 Å². The van der Waals surface area contributed by atoms with Crippen molar-refractivity contribution in [2.45, 2.75) is 39.2 Å². The Morgan fingerprint density at radius 1 is 1.34 bits per heavy atom. The lowest BCUT2D eigenvalue weighted by Crippen LogP contribution is -2.28. The molecule has 0 fully saturated rings. The zero-order chi connectivity index (χ0) is 21.4. The van der Waals surface area contributed by atoms with Gasteiger partial charge in [-0.2, -0.15) is 0 Å². The van der Waals surface area contributed by atoms with Crippen molar-refractivity contribution >= 4 is 17.4 Å². The van der Waals surface area contributed by atoms with Gasteiger partial charge in [-0.05, 0) is 48.6 Å². The second-order valence-corrected chi connectivity index (χ2v) is 7.94. The number of allylic oxidation sites excluding steroid dienone is 5. The summed E-state index contributed by atoms with van der Waals surface area (Å²) in [6.07, 6.45) is 9.14. The standard InChI is InChI=1S/C24H29FN2O2/c1-6-7-8-17(2)13-22(23(28)29-5)27-21-14-20(15-24(3,4)16-21)26-19-11-9-18(25)10-12-19/h6-12,14,22,26H,1-2,13,15-16H2,3-5H3/b8-7-,27-21?. The van der Waals surface area contributed by atoms with Crippen LogP contribution in [0.25, 0.3) is 0 Å². The Balaban J connectivity index is 2.28. The van der Waals surface area contributed by atoms with E-state index in [2.05, 4.69) is 32.3 Å². The van der Waals surface area contributed by atoms with Gasteiger partial charge in [-0.25, -0.2) is 9.18 Å². The van der Waals surface area contributed by atoms with Gasteiger partial charge in [0.15, 0.2) is 6.04 Å². The van der Waals surface area contributed by atoms with Crippen molar-refractivity contribution in [1.82, 2.24) is 0 Å². The molecule has 0 aliphatic heterocycles. The van der Waals surface area contributed by atoms with Crippen molar-refractivity contribution in [3.63, 3.8) is 0 Å². The molecular formula is C24H29FN2O2. The summed E-state index contributed by atoms with van der Waals surface area (Å²) in [6, 6.07) is 5.57. The van der Waals surface area contributed by atoms with E-state index in [-0.39, 0.29) is 11.2 Å². The van der Waals surface area contributed by atoms with E-state index in [1.54, 1.807) is 24.3 Å². The normalized spacial score (nSPS) is 18.2. The molecule has 0 bridgehead atoms. The number of rotatable bonds is 8. The van der Waals surface area contributed by atoms with Crippen LogP contribution in [0.15, 0.2) is 78.0 Å². The highest BCUT2D eigenvalue weighted by Gasteiger charge is 2.28. The molecule has 0 radical (unpaired) electrons. The molecule has 0 spiro atoms. The Hall–Kier alpha value is -2.95. The largest absolute Gasteiger partial charge is 0.467 e. The Kier molecular flexibility index (Phi) is 7.71. The number of methoxy groups -OCH3 is 1. The SMILES string of the molecule is C=C/C=C\C(=C)CC(N=C1C=C(Nc2ccc(F)cc2)CC(C)(C)C1)C(=O)OC. The summed E-state index contributed by atoms with van der Waals surface area (Å²) in [6.45, 7) is 11.9. The van der Waals surface area contributed by atoms with Crippen LogP contribution < -0.4 is 5.32 Å². The third kappa shape index (κ3) is 7.18. The number of hydrogen-bond acceptors (Lipinski definition) is 4. The molecule has 1 unspecified atom stereocenters. The molecule has 154 valence electrons. The molecule has 4 nitrogen and oxygen atoms in total. The lowest BCUT2D eigenvalue weighted by molar-refractivity contribution is -0.142. The first-order valence-electron chi connectivity index (χ1n) is 9.57. The van der Waals surface area contributed by atoms with Crippen molar-refractivity contribution in [2.24, 2.45) is 10.4 Å². The monoisotopic (exact) mass is 396 g/mol. The third-order valence-corrected chi connectivity index (χ3v) is 4.54. The van der Waals surface area contributed by atoms with E-state index < -0.39 is 12.0 Å². The fraction of sp³-hybridized carbons (Fsp3) is 0.333. The quantitative estimate of drug-likeness (QED) is 0.459. The fourth-order valence-corrected chi connectivity index (χ4v) is 3.29. The average molecular weight is 397 g/mol. The molecule has 1 atom stereocenters. The van der Waals surface area contributed by atoms with Crippen LogP contribution in [0.5, 0.6) is 0 Å². The van der Waals surface area contributed by atoms with Crippen molar-refractivity contribution < 1.29 is 13.9 Å². The molecule has 0 saturated heterocycles. The molecule has 1 N–H and O–H groups in total. The predicted molar refractivity (Wildman–Crippen MR) is 117 cm³/mol. The number of carbonyl (C=O) groups excluding carboxylic acids is 1. The topological polar surface area (TPSA) is 50.7 Å². The molecule has 0 amide bonds. The number of halogens is 1. The number of nitrogens with one attached hydrogen (secondary N) is 1. The number of ether oxygens (including phenoxy) is 1. The second kappa shape index (κ2) is 10.0. The van der Waals surface area contributed by atoms with Gasteiger partial charge >= 0.3 is 5.97 Å². The van der Waals surface area contributed by atoms with Gasteiger partial charge < -0.3 is 10.1 Å². The first kappa shape index (κ1) is 22.3. The predicted octanol–water partition coefficient (Wildman–Crippen LogP) is 5.61. The summed E-state index contributed by atoms with van der Waals surface area (Å²) in [5.74, 6) is -0.669. The number of aliphatic imine (C=N–C) groups is 1. The van der Waals surface area contributed by atoms with E-state index in [9.17, 15) is 9.18 Å². The number of carbonyl (C=O) groups is 1. The summed E-state index contributed by atoms with van der Waals surface area (Å²) in [5, 5.41) is 3.34. The van der Waals surface area contributed by atoms with Gasteiger partial charge in [0.05, 0.1) is 7.11 Å². The Bertz CT molecular complexity index is 848. The second-order valence-electron chi connectivity index (χ2n) is 7.94. The lowest BCUT2D eigenvalue weighted by atomic mass is 9.78. The molecule has 5 heteroatoms. The molecule has 0 aromatic heterocycles. The first-order valence-corrected chi connectivity index (χ1v) is 9.57. The van der Waals surface area contributed by atoms with Gasteiger partial charge in [0, 0.05) is 23.5 Å². The molecule has 2 rings (SSSR count). The van der Waals surface area contributed by atoms with Crippen LogP contribution in [0.3, 0.4) is 0 Å². The van der Waals surface area contributed by atoms with Gasteiger partial charge in [-0.3, -0.25) is 4.99 Å². The smallest absolute Gasteiger partial charge is 0.330 e. The maximum atomic E-state index is 13.2. The number of benzene rings is 1. The van der Waals surface area contributed by atoms with Crippen LogP contribution >= 0.6 is 0 Å². The van der Waals surface area contributed by atoms with Gasteiger partial charge in [-0.1, -0.05) is 50.8 Å². The number of nitrogens with zero attached hydrogens (tertiary/aromatic N) is 1. The molecule has 29 heavy (non-hydrogen) atoms. The maximum absolute atomic E-state index is 13.2. The highest BCUT2D eigenvalue weighted by molar-refractivity contribution is 5.98. The summed E-state index contributed by atoms with van der Waals surface area (Å²) >= 11 is 0. The molecule has 0 saturated carbocycles. The van der Waals surface area contributed by atoms with E-state index in [1.165, 1.54) is 19.2 Å². The zero-order valence-corrected chi connectivity index (χ0v) is 17.4. The number of esters is 1. The Labute approximate surface area is 172 Å².